The van der Waals surface area contributed by atoms with Crippen LogP contribution in [0.5, 0.6) is 5.75 Å². The molecule has 0 fully saturated rings. The lowest BCUT2D eigenvalue weighted by Crippen LogP contribution is -2.24. The Bertz CT molecular complexity index is 577. The second kappa shape index (κ2) is 4.37. The summed E-state index contributed by atoms with van der Waals surface area (Å²) in [6.45, 7) is 5.01. The van der Waals surface area contributed by atoms with E-state index in [0.29, 0.717) is 0 Å². The Hall–Kier alpha value is -1.96. The molecule has 18 heavy (non-hydrogen) atoms. The van der Waals surface area contributed by atoms with Crippen LogP contribution in [0, 0.1) is 13.8 Å². The van der Waals surface area contributed by atoms with Crippen molar-refractivity contribution in [1.82, 2.24) is 0 Å². The van der Waals surface area contributed by atoms with E-state index >= 15 is 0 Å². The number of anilines is 1. The predicted octanol–water partition coefficient (Wildman–Crippen LogP) is 3.85. The van der Waals surface area contributed by atoms with Crippen molar-refractivity contribution < 1.29 is 4.74 Å². The molecule has 1 aliphatic rings. The highest BCUT2D eigenvalue weighted by Gasteiger charge is 2.21. The first kappa shape index (κ1) is 11.1. The molecule has 1 N–H and O–H groups in total. The summed E-state index contributed by atoms with van der Waals surface area (Å²) in [6, 6.07) is 14.7. The van der Waals surface area contributed by atoms with Crippen LogP contribution in [0.4, 0.5) is 5.69 Å². The number of hydrogen-bond acceptors (Lipinski definition) is 2. The summed E-state index contributed by atoms with van der Waals surface area (Å²) in [5, 5.41) is 3.45. The zero-order chi connectivity index (χ0) is 12.5. The number of fused-ring (bicyclic) bond motifs is 1. The highest BCUT2D eigenvalue weighted by molar-refractivity contribution is 5.61. The fourth-order valence-corrected chi connectivity index (χ4v) is 2.39. The molecule has 2 aromatic carbocycles. The van der Waals surface area contributed by atoms with Gasteiger partial charge in [0.15, 0.2) is 0 Å². The van der Waals surface area contributed by atoms with Gasteiger partial charge < -0.3 is 10.1 Å². The van der Waals surface area contributed by atoms with E-state index in [4.69, 9.17) is 4.74 Å². The minimum Gasteiger partial charge on any atom is -0.481 e. The van der Waals surface area contributed by atoms with Crippen LogP contribution in [-0.4, -0.2) is 6.54 Å². The van der Waals surface area contributed by atoms with Crippen LogP contribution in [0.2, 0.25) is 0 Å². The Kier molecular flexibility index (Phi) is 2.71. The van der Waals surface area contributed by atoms with Crippen LogP contribution < -0.4 is 10.1 Å². The number of hydrogen-bond donors (Lipinski definition) is 1. The maximum absolute atomic E-state index is 6.14. The van der Waals surface area contributed by atoms with Gasteiger partial charge in [-0.3, -0.25) is 0 Å². The highest BCUT2D eigenvalue weighted by Crippen LogP contribution is 2.36. The molecule has 1 aliphatic heterocycles. The number of rotatable bonds is 1. The Balaban J connectivity index is 1.93. The molecule has 2 nitrogen and oxygen atoms in total. The normalized spacial score (nSPS) is 17.6. The molecule has 0 radical (unpaired) electrons. The molecule has 0 spiro atoms. The average molecular weight is 239 g/mol. The highest BCUT2D eigenvalue weighted by atomic mass is 16.5. The van der Waals surface area contributed by atoms with Gasteiger partial charge in [0.1, 0.15) is 11.9 Å². The molecule has 2 aromatic rings. The monoisotopic (exact) mass is 239 g/mol. The van der Waals surface area contributed by atoms with E-state index < -0.39 is 0 Å². The van der Waals surface area contributed by atoms with Gasteiger partial charge in [0.05, 0.1) is 12.2 Å². The third-order valence-corrected chi connectivity index (χ3v) is 3.36. The van der Waals surface area contributed by atoms with Crippen molar-refractivity contribution in [3.05, 3.63) is 59.2 Å². The van der Waals surface area contributed by atoms with Crippen LogP contribution in [0.25, 0.3) is 0 Å². The first-order valence-corrected chi connectivity index (χ1v) is 6.31. The van der Waals surface area contributed by atoms with Crippen LogP contribution in [0.1, 0.15) is 22.8 Å². The van der Waals surface area contributed by atoms with E-state index in [1.807, 2.05) is 0 Å². The third kappa shape index (κ3) is 1.94. The second-order valence-electron chi connectivity index (χ2n) is 4.85. The second-order valence-corrected chi connectivity index (χ2v) is 4.85. The molecule has 1 atom stereocenters. The quantitative estimate of drug-likeness (QED) is 0.816. The van der Waals surface area contributed by atoms with Gasteiger partial charge in [-0.05, 0) is 31.0 Å². The lowest BCUT2D eigenvalue weighted by atomic mass is 10.0. The van der Waals surface area contributed by atoms with Gasteiger partial charge >= 0.3 is 0 Å². The van der Waals surface area contributed by atoms with Gasteiger partial charge in [-0.25, -0.2) is 0 Å². The Morgan fingerprint density at radius 2 is 1.94 bits per heavy atom. The predicted molar refractivity (Wildman–Crippen MR) is 74.2 cm³/mol. The Morgan fingerprint density at radius 1 is 1.11 bits per heavy atom. The average Bonchev–Trinajstić information content (AvgIpc) is 2.39. The molecule has 0 amide bonds. The van der Waals surface area contributed by atoms with Gasteiger partial charge in [-0.2, -0.15) is 0 Å². The summed E-state index contributed by atoms with van der Waals surface area (Å²) < 4.78 is 6.14. The van der Waals surface area contributed by atoms with Crippen molar-refractivity contribution in [2.24, 2.45) is 0 Å². The number of nitrogens with one attached hydrogen (secondary N) is 1. The summed E-state index contributed by atoms with van der Waals surface area (Å²) in [7, 11) is 0. The van der Waals surface area contributed by atoms with E-state index in [1.54, 1.807) is 0 Å². The van der Waals surface area contributed by atoms with Crippen LogP contribution in [-0.2, 0) is 0 Å². The van der Waals surface area contributed by atoms with Crippen molar-refractivity contribution >= 4 is 5.69 Å². The van der Waals surface area contributed by atoms with Crippen molar-refractivity contribution in [1.29, 1.82) is 0 Å². The molecule has 1 heterocycles. The minimum atomic E-state index is 0.0958. The third-order valence-electron chi connectivity index (χ3n) is 3.36. The molecular weight excluding hydrogens is 222 g/mol. The van der Waals surface area contributed by atoms with Crippen LogP contribution in [0.15, 0.2) is 42.5 Å². The zero-order valence-electron chi connectivity index (χ0n) is 10.7. The molecule has 0 bridgehead atoms. The van der Waals surface area contributed by atoms with Gasteiger partial charge in [-0.1, -0.05) is 42.0 Å². The molecule has 92 valence electrons. The van der Waals surface area contributed by atoms with Crippen molar-refractivity contribution in [2.75, 3.05) is 11.9 Å². The first-order valence-electron chi connectivity index (χ1n) is 6.31. The lowest BCUT2D eigenvalue weighted by Gasteiger charge is -2.29. The van der Waals surface area contributed by atoms with E-state index in [1.165, 1.54) is 16.7 Å². The molecule has 3 rings (SSSR count). The van der Waals surface area contributed by atoms with E-state index in [2.05, 4.69) is 61.6 Å². The van der Waals surface area contributed by atoms with Gasteiger partial charge in [-0.15, -0.1) is 0 Å². The van der Waals surface area contributed by atoms with Crippen LogP contribution in [0.3, 0.4) is 0 Å². The van der Waals surface area contributed by atoms with Crippen molar-refractivity contribution in [3.63, 3.8) is 0 Å². The molecular formula is C16H17NO. The number of ether oxygens (including phenoxy) is 1. The van der Waals surface area contributed by atoms with Crippen LogP contribution >= 0.6 is 0 Å². The summed E-state index contributed by atoms with van der Waals surface area (Å²) in [5.41, 5.74) is 4.78. The molecule has 2 heteroatoms. The maximum Gasteiger partial charge on any atom is 0.146 e. The van der Waals surface area contributed by atoms with Crippen molar-refractivity contribution in [2.45, 2.75) is 20.0 Å². The van der Waals surface area contributed by atoms with Gasteiger partial charge in [0, 0.05) is 0 Å². The maximum atomic E-state index is 6.14. The lowest BCUT2D eigenvalue weighted by molar-refractivity contribution is 0.209. The summed E-state index contributed by atoms with van der Waals surface area (Å²) in [5.74, 6) is 0.982. The number of benzene rings is 2. The first-order chi connectivity index (χ1) is 8.74. The zero-order valence-corrected chi connectivity index (χ0v) is 10.7. The standard InChI is InChI=1S/C16H17NO/c1-11-5-3-7-13(9-11)15-10-17-14-8-4-6-12(2)16(14)18-15/h3-9,15,17H,10H2,1-2H3. The topological polar surface area (TPSA) is 21.3 Å². The Morgan fingerprint density at radius 3 is 2.78 bits per heavy atom. The van der Waals surface area contributed by atoms with Crippen molar-refractivity contribution in [3.8, 4) is 5.75 Å². The van der Waals surface area contributed by atoms with E-state index in [0.717, 1.165) is 18.0 Å². The number of aryl methyl sites for hydroxylation is 2. The summed E-state index contributed by atoms with van der Waals surface area (Å²) >= 11 is 0. The van der Waals surface area contributed by atoms with E-state index in [-0.39, 0.29) is 6.10 Å². The largest absolute Gasteiger partial charge is 0.481 e. The summed E-state index contributed by atoms with van der Waals surface area (Å²) in [6.07, 6.45) is 0.0958. The van der Waals surface area contributed by atoms with Gasteiger partial charge in [0.2, 0.25) is 0 Å². The SMILES string of the molecule is Cc1cccc(C2CNc3cccc(C)c3O2)c1. The molecule has 0 aromatic heterocycles. The minimum absolute atomic E-state index is 0.0958. The number of para-hydroxylation sites is 1. The molecule has 1 unspecified atom stereocenters. The van der Waals surface area contributed by atoms with Gasteiger partial charge in [0.25, 0.3) is 0 Å². The Labute approximate surface area is 108 Å². The smallest absolute Gasteiger partial charge is 0.146 e. The molecule has 0 aliphatic carbocycles. The fraction of sp³-hybridized carbons (Fsp3) is 0.250. The fourth-order valence-electron chi connectivity index (χ4n) is 2.39. The molecule has 0 saturated heterocycles. The molecule has 0 saturated carbocycles. The van der Waals surface area contributed by atoms with E-state index in [9.17, 15) is 0 Å². The summed E-state index contributed by atoms with van der Waals surface area (Å²) in [4.78, 5) is 0.